The van der Waals surface area contributed by atoms with Crippen LogP contribution in [0.1, 0.15) is 69.0 Å². The number of aryl methyl sites for hydroxylation is 1. The van der Waals surface area contributed by atoms with Crippen molar-refractivity contribution in [1.82, 2.24) is 10.4 Å². The molecule has 4 atom stereocenters. The van der Waals surface area contributed by atoms with Crippen molar-refractivity contribution in [2.75, 3.05) is 0 Å². The molecule has 0 radical (unpaired) electrons. The summed E-state index contributed by atoms with van der Waals surface area (Å²) in [6.07, 6.45) is 12.4. The van der Waals surface area contributed by atoms with E-state index in [1.807, 2.05) is 6.20 Å². The van der Waals surface area contributed by atoms with Crippen LogP contribution in [0.2, 0.25) is 0 Å². The summed E-state index contributed by atoms with van der Waals surface area (Å²) in [5.74, 6) is 8.11. The molecule has 0 saturated heterocycles. The van der Waals surface area contributed by atoms with Gasteiger partial charge in [-0.05, 0) is 55.6 Å². The molecule has 3 nitrogen and oxygen atoms in total. The Labute approximate surface area is 128 Å². The summed E-state index contributed by atoms with van der Waals surface area (Å²) in [5, 5.41) is 0. The lowest BCUT2D eigenvalue weighted by Crippen LogP contribution is -2.47. The maximum atomic E-state index is 6.00. The minimum Gasteiger partial charge on any atom is -0.271 e. The van der Waals surface area contributed by atoms with Gasteiger partial charge in [-0.25, -0.2) is 0 Å². The van der Waals surface area contributed by atoms with Crippen LogP contribution in [-0.2, 0) is 6.42 Å². The number of fused-ring (bicyclic) bond motifs is 1. The van der Waals surface area contributed by atoms with E-state index in [2.05, 4.69) is 24.5 Å². The molecule has 0 aliphatic heterocycles. The first-order chi connectivity index (χ1) is 10.3. The monoisotopic (exact) mass is 287 g/mol. The topological polar surface area (TPSA) is 50.9 Å². The Kier molecular flexibility index (Phi) is 4.91. The van der Waals surface area contributed by atoms with Crippen LogP contribution < -0.4 is 11.3 Å². The van der Waals surface area contributed by atoms with Crippen molar-refractivity contribution in [1.29, 1.82) is 0 Å². The molecule has 0 amide bonds. The van der Waals surface area contributed by atoms with E-state index in [9.17, 15) is 0 Å². The van der Waals surface area contributed by atoms with Crippen molar-refractivity contribution in [2.24, 2.45) is 17.7 Å². The Bertz CT molecular complexity index is 460. The third kappa shape index (κ3) is 3.14. The summed E-state index contributed by atoms with van der Waals surface area (Å²) in [6, 6.07) is 4.71. The number of aromatic nitrogens is 1. The zero-order valence-electron chi connectivity index (χ0n) is 13.2. The van der Waals surface area contributed by atoms with Gasteiger partial charge in [0.15, 0.2) is 0 Å². The second kappa shape index (κ2) is 6.89. The molecule has 4 unspecified atom stereocenters. The summed E-state index contributed by atoms with van der Waals surface area (Å²) < 4.78 is 0. The molecular formula is C18H29N3. The number of hydrogen-bond acceptors (Lipinski definition) is 3. The third-order valence-corrected chi connectivity index (χ3v) is 5.77. The van der Waals surface area contributed by atoms with Crippen LogP contribution in [0.4, 0.5) is 0 Å². The van der Waals surface area contributed by atoms with Crippen molar-refractivity contribution in [3.63, 3.8) is 0 Å². The average Bonchev–Trinajstić information content (AvgIpc) is 2.56. The van der Waals surface area contributed by atoms with E-state index in [1.165, 1.54) is 62.6 Å². The van der Waals surface area contributed by atoms with Gasteiger partial charge in [0.1, 0.15) is 0 Å². The molecule has 1 fully saturated rings. The van der Waals surface area contributed by atoms with Gasteiger partial charge in [0, 0.05) is 23.9 Å². The van der Waals surface area contributed by atoms with Crippen molar-refractivity contribution in [2.45, 2.75) is 70.3 Å². The SMILES string of the molecule is CCC1CCCC(C(NN)C2CCCc3cccnc32)C1. The van der Waals surface area contributed by atoms with Gasteiger partial charge in [0.05, 0.1) is 0 Å². The Morgan fingerprint density at radius 3 is 3.05 bits per heavy atom. The fourth-order valence-electron chi connectivity index (χ4n) is 4.61. The predicted octanol–water partition coefficient (Wildman–Crippen LogP) is 3.55. The minimum atomic E-state index is 0.397. The zero-order chi connectivity index (χ0) is 14.7. The van der Waals surface area contributed by atoms with Crippen LogP contribution >= 0.6 is 0 Å². The molecule has 3 heteroatoms. The van der Waals surface area contributed by atoms with Crippen molar-refractivity contribution < 1.29 is 0 Å². The number of rotatable bonds is 4. The quantitative estimate of drug-likeness (QED) is 0.658. The van der Waals surface area contributed by atoms with E-state index in [-0.39, 0.29) is 0 Å². The molecule has 3 rings (SSSR count). The lowest BCUT2D eigenvalue weighted by Gasteiger charge is -2.39. The van der Waals surface area contributed by atoms with Crippen LogP contribution in [0.25, 0.3) is 0 Å². The lowest BCUT2D eigenvalue weighted by molar-refractivity contribution is 0.182. The summed E-state index contributed by atoms with van der Waals surface area (Å²) in [7, 11) is 0. The minimum absolute atomic E-state index is 0.397. The van der Waals surface area contributed by atoms with Crippen molar-refractivity contribution in [3.05, 3.63) is 29.6 Å². The van der Waals surface area contributed by atoms with Crippen LogP contribution in [0.15, 0.2) is 18.3 Å². The first kappa shape index (κ1) is 15.0. The van der Waals surface area contributed by atoms with Gasteiger partial charge in [-0.1, -0.05) is 32.3 Å². The van der Waals surface area contributed by atoms with E-state index in [0.29, 0.717) is 17.9 Å². The highest BCUT2D eigenvalue weighted by Gasteiger charge is 2.35. The van der Waals surface area contributed by atoms with Crippen LogP contribution in [0.5, 0.6) is 0 Å². The number of nitrogens with zero attached hydrogens (tertiary/aromatic N) is 1. The highest BCUT2D eigenvalue weighted by Crippen LogP contribution is 2.40. The summed E-state index contributed by atoms with van der Waals surface area (Å²) in [6.45, 7) is 2.33. The van der Waals surface area contributed by atoms with E-state index < -0.39 is 0 Å². The molecular weight excluding hydrogens is 258 g/mol. The number of hydrazine groups is 1. The van der Waals surface area contributed by atoms with Crippen molar-refractivity contribution in [3.8, 4) is 0 Å². The standard InChI is InChI=1S/C18H29N3/c1-2-13-6-3-8-15(12-13)18(21-19)16-10-4-7-14-9-5-11-20-17(14)16/h5,9,11,13,15-16,18,21H,2-4,6-8,10,12,19H2,1H3. The normalized spacial score (nSPS) is 30.7. The second-order valence-electron chi connectivity index (χ2n) is 6.94. The first-order valence-corrected chi connectivity index (χ1v) is 8.73. The Morgan fingerprint density at radius 2 is 2.24 bits per heavy atom. The fraction of sp³-hybridized carbons (Fsp3) is 0.722. The summed E-state index contributed by atoms with van der Waals surface area (Å²) in [5.41, 5.74) is 5.94. The highest BCUT2D eigenvalue weighted by atomic mass is 15.2. The molecule has 3 N–H and O–H groups in total. The number of hydrogen-bond donors (Lipinski definition) is 2. The maximum Gasteiger partial charge on any atom is 0.0482 e. The van der Waals surface area contributed by atoms with Gasteiger partial charge >= 0.3 is 0 Å². The molecule has 0 spiro atoms. The largest absolute Gasteiger partial charge is 0.271 e. The molecule has 116 valence electrons. The molecule has 21 heavy (non-hydrogen) atoms. The Hall–Kier alpha value is -0.930. The molecule has 0 aromatic carbocycles. The van der Waals surface area contributed by atoms with Crippen LogP contribution in [0, 0.1) is 11.8 Å². The Morgan fingerprint density at radius 1 is 1.33 bits per heavy atom. The number of nitrogens with one attached hydrogen (secondary N) is 1. The summed E-state index contributed by atoms with van der Waals surface area (Å²) >= 11 is 0. The zero-order valence-corrected chi connectivity index (χ0v) is 13.2. The average molecular weight is 287 g/mol. The molecule has 1 aromatic rings. The molecule has 2 aliphatic carbocycles. The predicted molar refractivity (Wildman–Crippen MR) is 86.8 cm³/mol. The van der Waals surface area contributed by atoms with Gasteiger partial charge in [0.2, 0.25) is 0 Å². The van der Waals surface area contributed by atoms with E-state index in [1.54, 1.807) is 0 Å². The van der Waals surface area contributed by atoms with Crippen LogP contribution in [-0.4, -0.2) is 11.0 Å². The number of pyridine rings is 1. The molecule has 1 aromatic heterocycles. The van der Waals surface area contributed by atoms with E-state index in [0.717, 1.165) is 5.92 Å². The summed E-state index contributed by atoms with van der Waals surface area (Å²) in [4.78, 5) is 4.71. The van der Waals surface area contributed by atoms with E-state index >= 15 is 0 Å². The second-order valence-corrected chi connectivity index (χ2v) is 6.94. The van der Waals surface area contributed by atoms with E-state index in [4.69, 9.17) is 10.8 Å². The molecule has 0 bridgehead atoms. The highest BCUT2D eigenvalue weighted by molar-refractivity contribution is 5.27. The van der Waals surface area contributed by atoms with Crippen molar-refractivity contribution >= 4 is 0 Å². The van der Waals surface area contributed by atoms with Gasteiger partial charge in [-0.2, -0.15) is 0 Å². The number of nitrogens with two attached hydrogens (primary N) is 1. The third-order valence-electron chi connectivity index (χ3n) is 5.77. The molecule has 2 aliphatic rings. The maximum absolute atomic E-state index is 6.00. The molecule has 1 heterocycles. The molecule has 1 saturated carbocycles. The smallest absolute Gasteiger partial charge is 0.0482 e. The fourth-order valence-corrected chi connectivity index (χ4v) is 4.61. The van der Waals surface area contributed by atoms with Gasteiger partial charge in [-0.3, -0.25) is 16.3 Å². The van der Waals surface area contributed by atoms with Crippen LogP contribution in [0.3, 0.4) is 0 Å². The lowest BCUT2D eigenvalue weighted by atomic mass is 9.70. The van der Waals surface area contributed by atoms with Gasteiger partial charge < -0.3 is 0 Å². The van der Waals surface area contributed by atoms with Gasteiger partial charge in [-0.15, -0.1) is 0 Å². The first-order valence-electron chi connectivity index (χ1n) is 8.73. The van der Waals surface area contributed by atoms with Gasteiger partial charge in [0.25, 0.3) is 0 Å². The Balaban J connectivity index is 1.80.